The molecule has 3 N–H and O–H groups in total. The fraction of sp³-hybridized carbons (Fsp3) is 0.308. The zero-order valence-electron chi connectivity index (χ0n) is 10.9. The standard InChI is InChI=1S/C13H16N4OS/c1-8(7-10-4-3-9(2)19-10)15-13(18)11-5-6-12(14)17-16-11/h3-6,8H,7H2,1-2H3,(H2,14,17)(H,15,18). The number of thiophene rings is 1. The van der Waals surface area contributed by atoms with Gasteiger partial charge in [0.1, 0.15) is 5.82 Å². The molecule has 2 aromatic rings. The smallest absolute Gasteiger partial charge is 0.272 e. The van der Waals surface area contributed by atoms with Crippen molar-refractivity contribution in [3.05, 3.63) is 39.7 Å². The lowest BCUT2D eigenvalue weighted by molar-refractivity contribution is 0.0934. The first-order chi connectivity index (χ1) is 9.04. The lowest BCUT2D eigenvalue weighted by Gasteiger charge is -2.12. The van der Waals surface area contributed by atoms with Gasteiger partial charge in [-0.2, -0.15) is 0 Å². The fourth-order valence-electron chi connectivity index (χ4n) is 1.71. The van der Waals surface area contributed by atoms with Crippen LogP contribution in [0.2, 0.25) is 0 Å². The van der Waals surface area contributed by atoms with Gasteiger partial charge < -0.3 is 11.1 Å². The van der Waals surface area contributed by atoms with Crippen molar-refractivity contribution in [3.63, 3.8) is 0 Å². The van der Waals surface area contributed by atoms with Crippen LogP contribution in [0.15, 0.2) is 24.3 Å². The molecule has 0 radical (unpaired) electrons. The van der Waals surface area contributed by atoms with Gasteiger partial charge in [-0.05, 0) is 38.1 Å². The molecule has 6 heteroatoms. The van der Waals surface area contributed by atoms with Crippen molar-refractivity contribution >= 4 is 23.1 Å². The number of rotatable bonds is 4. The van der Waals surface area contributed by atoms with Crippen molar-refractivity contribution in [1.29, 1.82) is 0 Å². The summed E-state index contributed by atoms with van der Waals surface area (Å²) in [5, 5.41) is 10.3. The van der Waals surface area contributed by atoms with E-state index in [0.717, 1.165) is 6.42 Å². The maximum atomic E-state index is 11.9. The Labute approximate surface area is 115 Å². The highest BCUT2D eigenvalue weighted by Crippen LogP contribution is 2.16. The van der Waals surface area contributed by atoms with Crippen molar-refractivity contribution < 1.29 is 4.79 Å². The van der Waals surface area contributed by atoms with Gasteiger partial charge in [-0.1, -0.05) is 0 Å². The van der Waals surface area contributed by atoms with E-state index in [1.807, 2.05) is 6.92 Å². The van der Waals surface area contributed by atoms with Crippen molar-refractivity contribution in [2.45, 2.75) is 26.3 Å². The average Bonchev–Trinajstić information content (AvgIpc) is 2.75. The molecule has 100 valence electrons. The van der Waals surface area contributed by atoms with Crippen molar-refractivity contribution in [3.8, 4) is 0 Å². The number of aromatic nitrogens is 2. The van der Waals surface area contributed by atoms with Crippen LogP contribution in [0, 0.1) is 6.92 Å². The molecule has 0 saturated heterocycles. The number of aryl methyl sites for hydroxylation is 1. The molecule has 2 aromatic heterocycles. The van der Waals surface area contributed by atoms with Crippen LogP contribution in [-0.4, -0.2) is 22.1 Å². The van der Waals surface area contributed by atoms with Crippen LogP contribution in [0.4, 0.5) is 5.82 Å². The van der Waals surface area contributed by atoms with Gasteiger partial charge in [-0.25, -0.2) is 0 Å². The number of hydrogen-bond donors (Lipinski definition) is 2. The fourth-order valence-corrected chi connectivity index (χ4v) is 2.73. The molecule has 1 unspecified atom stereocenters. The van der Waals surface area contributed by atoms with Gasteiger partial charge >= 0.3 is 0 Å². The monoisotopic (exact) mass is 276 g/mol. The van der Waals surface area contributed by atoms with E-state index >= 15 is 0 Å². The number of nitrogens with one attached hydrogen (secondary N) is 1. The molecule has 2 rings (SSSR count). The summed E-state index contributed by atoms with van der Waals surface area (Å²) in [5.41, 5.74) is 5.71. The maximum Gasteiger partial charge on any atom is 0.272 e. The molecule has 1 amide bonds. The third kappa shape index (κ3) is 3.75. The number of nitrogens with zero attached hydrogens (tertiary/aromatic N) is 2. The van der Waals surface area contributed by atoms with Gasteiger partial charge in [0.15, 0.2) is 5.69 Å². The molecular formula is C13H16N4OS. The van der Waals surface area contributed by atoms with Crippen LogP contribution in [0.5, 0.6) is 0 Å². The average molecular weight is 276 g/mol. The van der Waals surface area contributed by atoms with Gasteiger partial charge in [0, 0.05) is 22.2 Å². The van der Waals surface area contributed by atoms with Crippen LogP contribution in [0.3, 0.4) is 0 Å². The Balaban J connectivity index is 1.93. The summed E-state index contributed by atoms with van der Waals surface area (Å²) >= 11 is 1.75. The number of anilines is 1. The van der Waals surface area contributed by atoms with E-state index in [4.69, 9.17) is 5.73 Å². The Kier molecular flexibility index (Phi) is 4.11. The Morgan fingerprint density at radius 2 is 2.16 bits per heavy atom. The SMILES string of the molecule is Cc1ccc(CC(C)NC(=O)c2ccc(N)nn2)s1. The first-order valence-electron chi connectivity index (χ1n) is 6.00. The Morgan fingerprint density at radius 1 is 1.37 bits per heavy atom. The summed E-state index contributed by atoms with van der Waals surface area (Å²) in [4.78, 5) is 14.4. The van der Waals surface area contributed by atoms with Crippen molar-refractivity contribution in [2.75, 3.05) is 5.73 Å². The van der Waals surface area contributed by atoms with Crippen LogP contribution in [0.1, 0.15) is 27.2 Å². The Morgan fingerprint density at radius 3 is 2.74 bits per heavy atom. The van der Waals surface area contributed by atoms with Crippen LogP contribution >= 0.6 is 11.3 Å². The number of carbonyl (C=O) groups excluding carboxylic acids is 1. The molecule has 0 spiro atoms. The largest absolute Gasteiger partial charge is 0.382 e. The van der Waals surface area contributed by atoms with Gasteiger partial charge in [0.05, 0.1) is 0 Å². The maximum absolute atomic E-state index is 11.9. The summed E-state index contributed by atoms with van der Waals surface area (Å²) in [6.45, 7) is 4.04. The normalized spacial score (nSPS) is 12.1. The minimum Gasteiger partial charge on any atom is -0.382 e. The molecule has 0 aliphatic heterocycles. The predicted octanol–water partition coefficient (Wildman–Crippen LogP) is 1.79. The molecular weight excluding hydrogens is 260 g/mol. The lowest BCUT2D eigenvalue weighted by Crippen LogP contribution is -2.34. The van der Waals surface area contributed by atoms with Crippen molar-refractivity contribution in [2.24, 2.45) is 0 Å². The van der Waals surface area contributed by atoms with Crippen LogP contribution < -0.4 is 11.1 Å². The van der Waals surface area contributed by atoms with Crippen LogP contribution in [-0.2, 0) is 6.42 Å². The molecule has 0 aromatic carbocycles. The summed E-state index contributed by atoms with van der Waals surface area (Å²) in [6.07, 6.45) is 0.812. The van der Waals surface area contributed by atoms with Gasteiger partial charge in [-0.3, -0.25) is 4.79 Å². The topological polar surface area (TPSA) is 80.9 Å². The molecule has 0 aliphatic carbocycles. The van der Waals surface area contributed by atoms with Gasteiger partial charge in [0.2, 0.25) is 0 Å². The number of carbonyl (C=O) groups is 1. The van der Waals surface area contributed by atoms with E-state index < -0.39 is 0 Å². The second-order valence-electron chi connectivity index (χ2n) is 4.43. The van der Waals surface area contributed by atoms with E-state index in [9.17, 15) is 4.79 Å². The molecule has 1 atom stereocenters. The lowest BCUT2D eigenvalue weighted by atomic mass is 10.2. The minimum absolute atomic E-state index is 0.0462. The summed E-state index contributed by atoms with van der Waals surface area (Å²) in [7, 11) is 0. The number of amides is 1. The number of nitrogens with two attached hydrogens (primary N) is 1. The highest BCUT2D eigenvalue weighted by Gasteiger charge is 2.12. The first kappa shape index (κ1) is 13.5. The predicted molar refractivity (Wildman–Crippen MR) is 76.1 cm³/mol. The van der Waals surface area contributed by atoms with E-state index in [1.54, 1.807) is 23.5 Å². The zero-order valence-corrected chi connectivity index (χ0v) is 11.7. The molecule has 0 bridgehead atoms. The quantitative estimate of drug-likeness (QED) is 0.892. The highest BCUT2D eigenvalue weighted by atomic mass is 32.1. The van der Waals surface area contributed by atoms with Gasteiger partial charge in [0.25, 0.3) is 5.91 Å². The summed E-state index contributed by atoms with van der Waals surface area (Å²) < 4.78 is 0. The third-order valence-corrected chi connectivity index (χ3v) is 3.62. The van der Waals surface area contributed by atoms with E-state index in [-0.39, 0.29) is 17.6 Å². The summed E-state index contributed by atoms with van der Waals surface area (Å²) in [5.74, 6) is 0.0759. The Bertz CT molecular complexity index is 564. The van der Waals surface area contributed by atoms with E-state index in [1.165, 1.54) is 9.75 Å². The van der Waals surface area contributed by atoms with E-state index in [2.05, 4.69) is 34.6 Å². The number of hydrogen-bond acceptors (Lipinski definition) is 5. The molecule has 5 nitrogen and oxygen atoms in total. The second-order valence-corrected chi connectivity index (χ2v) is 5.81. The third-order valence-electron chi connectivity index (χ3n) is 2.60. The minimum atomic E-state index is -0.228. The molecule has 0 aliphatic rings. The van der Waals surface area contributed by atoms with Crippen LogP contribution in [0.25, 0.3) is 0 Å². The van der Waals surface area contributed by atoms with Gasteiger partial charge in [-0.15, -0.1) is 21.5 Å². The number of nitrogen functional groups attached to an aromatic ring is 1. The molecule has 0 saturated carbocycles. The molecule has 0 fully saturated rings. The first-order valence-corrected chi connectivity index (χ1v) is 6.81. The summed E-state index contributed by atoms with van der Waals surface area (Å²) in [6, 6.07) is 7.35. The zero-order chi connectivity index (χ0) is 13.8. The highest BCUT2D eigenvalue weighted by molar-refractivity contribution is 7.11. The Hall–Kier alpha value is -1.95. The second kappa shape index (κ2) is 5.79. The van der Waals surface area contributed by atoms with E-state index in [0.29, 0.717) is 5.82 Å². The molecule has 2 heterocycles. The molecule has 19 heavy (non-hydrogen) atoms. The van der Waals surface area contributed by atoms with Crippen molar-refractivity contribution in [1.82, 2.24) is 15.5 Å².